The maximum absolute atomic E-state index is 13.1. The summed E-state index contributed by atoms with van der Waals surface area (Å²) < 4.78 is 54.0. The number of ether oxygens (including phenoxy) is 1. The summed E-state index contributed by atoms with van der Waals surface area (Å²) in [5.74, 6) is -4.63. The maximum Gasteiger partial charge on any atom is 0.422 e. The minimum atomic E-state index is -4.61. The molecule has 22 heavy (non-hydrogen) atoms. The summed E-state index contributed by atoms with van der Waals surface area (Å²) in [7, 11) is 0. The molecule has 9 heteroatoms. The molecule has 1 fully saturated rings. The second-order valence-electron chi connectivity index (χ2n) is 4.82. The molecule has 0 heterocycles. The minimum Gasteiger partial charge on any atom is -0.482 e. The Morgan fingerprint density at radius 3 is 2.55 bits per heavy atom. The first-order valence-corrected chi connectivity index (χ1v) is 6.20. The van der Waals surface area contributed by atoms with Crippen molar-refractivity contribution in [3.63, 3.8) is 0 Å². The highest BCUT2D eigenvalue weighted by Crippen LogP contribution is 2.40. The Morgan fingerprint density at radius 2 is 2.00 bits per heavy atom. The molecule has 0 spiro atoms. The SMILES string of the molecule is O=C(O)[C@@H]1C[C@H]1C(=O)Nc1ccc(F)cc1OCC(F)(F)F. The van der Waals surface area contributed by atoms with E-state index in [4.69, 9.17) is 5.11 Å². The first-order valence-electron chi connectivity index (χ1n) is 6.20. The van der Waals surface area contributed by atoms with Crippen molar-refractivity contribution in [3.8, 4) is 5.75 Å². The molecule has 0 aliphatic heterocycles. The number of rotatable bonds is 5. The van der Waals surface area contributed by atoms with Crippen molar-refractivity contribution in [2.45, 2.75) is 12.6 Å². The zero-order chi connectivity index (χ0) is 16.5. The lowest BCUT2D eigenvalue weighted by Crippen LogP contribution is -2.21. The van der Waals surface area contributed by atoms with Gasteiger partial charge in [-0.1, -0.05) is 0 Å². The van der Waals surface area contributed by atoms with Gasteiger partial charge in [-0.3, -0.25) is 9.59 Å². The summed E-state index contributed by atoms with van der Waals surface area (Å²) in [6.45, 7) is -1.64. The molecule has 1 aliphatic carbocycles. The molecule has 120 valence electrons. The van der Waals surface area contributed by atoms with Crippen LogP contribution in [0.1, 0.15) is 6.42 Å². The largest absolute Gasteiger partial charge is 0.482 e. The van der Waals surface area contributed by atoms with Gasteiger partial charge in [-0.15, -0.1) is 0 Å². The first kappa shape index (κ1) is 16.1. The molecule has 1 aromatic carbocycles. The number of aliphatic carboxylic acids is 1. The van der Waals surface area contributed by atoms with Gasteiger partial charge in [0.25, 0.3) is 0 Å². The van der Waals surface area contributed by atoms with Crippen molar-refractivity contribution in [2.75, 3.05) is 11.9 Å². The number of hydrogen-bond acceptors (Lipinski definition) is 3. The van der Waals surface area contributed by atoms with Crippen LogP contribution < -0.4 is 10.1 Å². The summed E-state index contributed by atoms with van der Waals surface area (Å²) in [5.41, 5.74) is -0.147. The molecule has 2 rings (SSSR count). The molecule has 1 aromatic rings. The number of amides is 1. The second kappa shape index (κ2) is 5.82. The predicted molar refractivity (Wildman–Crippen MR) is 65.8 cm³/mol. The van der Waals surface area contributed by atoms with Crippen LogP contribution in [0.25, 0.3) is 0 Å². The highest BCUT2D eigenvalue weighted by atomic mass is 19.4. The van der Waals surface area contributed by atoms with Gasteiger partial charge in [0.1, 0.15) is 11.6 Å². The Bertz CT molecular complexity index is 602. The Kier molecular flexibility index (Phi) is 4.25. The van der Waals surface area contributed by atoms with E-state index in [1.807, 2.05) is 0 Å². The van der Waals surface area contributed by atoms with Crippen LogP contribution in [0, 0.1) is 17.7 Å². The van der Waals surface area contributed by atoms with Crippen molar-refractivity contribution in [3.05, 3.63) is 24.0 Å². The van der Waals surface area contributed by atoms with E-state index in [1.54, 1.807) is 0 Å². The van der Waals surface area contributed by atoms with Crippen LogP contribution >= 0.6 is 0 Å². The Balaban J connectivity index is 2.07. The Hall–Kier alpha value is -2.32. The fraction of sp³-hybridized carbons (Fsp3) is 0.385. The van der Waals surface area contributed by atoms with Crippen LogP contribution in [-0.2, 0) is 9.59 Å². The third-order valence-electron chi connectivity index (χ3n) is 3.04. The van der Waals surface area contributed by atoms with Gasteiger partial charge in [0.05, 0.1) is 17.5 Å². The maximum atomic E-state index is 13.1. The van der Waals surface area contributed by atoms with Crippen LogP contribution in [0.5, 0.6) is 5.75 Å². The lowest BCUT2D eigenvalue weighted by molar-refractivity contribution is -0.153. The fourth-order valence-electron chi connectivity index (χ4n) is 1.86. The average Bonchev–Trinajstić information content (AvgIpc) is 3.18. The molecule has 0 bridgehead atoms. The van der Waals surface area contributed by atoms with Crippen molar-refractivity contribution in [1.29, 1.82) is 0 Å². The summed E-state index contributed by atoms with van der Waals surface area (Å²) in [4.78, 5) is 22.5. The number of nitrogens with one attached hydrogen (secondary N) is 1. The number of benzene rings is 1. The van der Waals surface area contributed by atoms with Gasteiger partial charge in [-0.05, 0) is 18.6 Å². The van der Waals surface area contributed by atoms with E-state index in [1.165, 1.54) is 0 Å². The number of carbonyl (C=O) groups excluding carboxylic acids is 1. The number of carbonyl (C=O) groups is 2. The zero-order valence-electron chi connectivity index (χ0n) is 11.0. The van der Waals surface area contributed by atoms with Gasteiger partial charge < -0.3 is 15.2 Å². The average molecular weight is 321 g/mol. The lowest BCUT2D eigenvalue weighted by atomic mass is 10.2. The van der Waals surface area contributed by atoms with Crippen molar-refractivity contribution in [1.82, 2.24) is 0 Å². The third-order valence-corrected chi connectivity index (χ3v) is 3.04. The highest BCUT2D eigenvalue weighted by Gasteiger charge is 2.48. The normalized spacial score (nSPS) is 20.4. The van der Waals surface area contributed by atoms with E-state index in [2.05, 4.69) is 10.1 Å². The van der Waals surface area contributed by atoms with Crippen molar-refractivity contribution < 1.29 is 37.0 Å². The number of alkyl halides is 3. The van der Waals surface area contributed by atoms with Crippen LogP contribution in [0.4, 0.5) is 23.2 Å². The van der Waals surface area contributed by atoms with Gasteiger partial charge in [0.2, 0.25) is 5.91 Å². The van der Waals surface area contributed by atoms with E-state index in [9.17, 15) is 27.2 Å². The molecule has 1 saturated carbocycles. The topological polar surface area (TPSA) is 75.6 Å². The van der Waals surface area contributed by atoms with Crippen LogP contribution in [-0.4, -0.2) is 29.8 Å². The summed E-state index contributed by atoms with van der Waals surface area (Å²) >= 11 is 0. The third kappa shape index (κ3) is 4.09. The lowest BCUT2D eigenvalue weighted by Gasteiger charge is -2.14. The van der Waals surface area contributed by atoms with Crippen LogP contribution in [0.2, 0.25) is 0 Å². The summed E-state index contributed by atoms with van der Waals surface area (Å²) in [5, 5.41) is 11.0. The quantitative estimate of drug-likeness (QED) is 0.817. The molecule has 1 aliphatic rings. The monoisotopic (exact) mass is 321 g/mol. The number of hydrogen-bond donors (Lipinski definition) is 2. The van der Waals surface area contributed by atoms with E-state index in [0.29, 0.717) is 6.07 Å². The van der Waals surface area contributed by atoms with E-state index >= 15 is 0 Å². The molecule has 0 radical (unpaired) electrons. The molecular weight excluding hydrogens is 310 g/mol. The Labute approximate surface area is 121 Å². The van der Waals surface area contributed by atoms with E-state index in [0.717, 1.165) is 12.1 Å². The predicted octanol–water partition coefficient (Wildman–Crippen LogP) is 2.43. The van der Waals surface area contributed by atoms with Gasteiger partial charge >= 0.3 is 12.1 Å². The number of carboxylic acids is 1. The summed E-state index contributed by atoms with van der Waals surface area (Å²) in [6, 6.07) is 2.71. The molecule has 2 N–H and O–H groups in total. The Morgan fingerprint density at radius 1 is 1.32 bits per heavy atom. The van der Waals surface area contributed by atoms with Gasteiger partial charge in [-0.25, -0.2) is 4.39 Å². The number of anilines is 1. The highest BCUT2D eigenvalue weighted by molar-refractivity contribution is 5.99. The molecule has 5 nitrogen and oxygen atoms in total. The first-order chi connectivity index (χ1) is 10.2. The van der Waals surface area contributed by atoms with E-state index in [-0.39, 0.29) is 12.1 Å². The van der Waals surface area contributed by atoms with E-state index < -0.39 is 48.1 Å². The zero-order valence-corrected chi connectivity index (χ0v) is 11.0. The number of halogens is 4. The summed E-state index contributed by atoms with van der Waals surface area (Å²) in [6.07, 6.45) is -4.46. The standard InChI is InChI=1S/C13H11F4NO4/c14-6-1-2-9(10(3-6)22-5-13(15,16)17)18-11(19)7-4-8(7)12(20)21/h1-3,7-8H,4-5H2,(H,18,19)(H,20,21)/t7-,8-/m1/s1. The molecule has 0 aromatic heterocycles. The smallest absolute Gasteiger partial charge is 0.422 e. The van der Waals surface area contributed by atoms with Crippen LogP contribution in [0.3, 0.4) is 0 Å². The van der Waals surface area contributed by atoms with Gasteiger partial charge in [0, 0.05) is 6.07 Å². The van der Waals surface area contributed by atoms with Gasteiger partial charge in [-0.2, -0.15) is 13.2 Å². The van der Waals surface area contributed by atoms with Gasteiger partial charge in [0.15, 0.2) is 6.61 Å². The molecule has 1 amide bonds. The second-order valence-corrected chi connectivity index (χ2v) is 4.82. The van der Waals surface area contributed by atoms with Crippen molar-refractivity contribution >= 4 is 17.6 Å². The minimum absolute atomic E-state index is 0.147. The molecule has 2 atom stereocenters. The van der Waals surface area contributed by atoms with Crippen LogP contribution in [0.15, 0.2) is 18.2 Å². The molecular formula is C13H11F4NO4. The molecule has 0 unspecified atom stereocenters. The number of carboxylic acid groups (broad SMARTS) is 1. The van der Waals surface area contributed by atoms with Crippen molar-refractivity contribution in [2.24, 2.45) is 11.8 Å². The molecule has 0 saturated heterocycles. The fourth-order valence-corrected chi connectivity index (χ4v) is 1.86.